The van der Waals surface area contributed by atoms with E-state index in [0.29, 0.717) is 5.82 Å². The molecule has 5 nitrogen and oxygen atoms in total. The number of nitrogens with zero attached hydrogens (tertiary/aromatic N) is 2. The molecule has 0 fully saturated rings. The summed E-state index contributed by atoms with van der Waals surface area (Å²) in [6.07, 6.45) is 0. The van der Waals surface area contributed by atoms with E-state index in [-0.39, 0.29) is 5.69 Å². The fourth-order valence-corrected chi connectivity index (χ4v) is 0.602. The van der Waals surface area contributed by atoms with E-state index in [4.69, 9.17) is 11.5 Å². The Morgan fingerprint density at radius 1 is 1.80 bits per heavy atom. The molecule has 0 atom stereocenters. The lowest BCUT2D eigenvalue weighted by Crippen LogP contribution is -2.11. The monoisotopic (exact) mass is 140 g/mol. The highest BCUT2D eigenvalue weighted by atomic mass is 16.1. The summed E-state index contributed by atoms with van der Waals surface area (Å²) in [6.45, 7) is 0. The van der Waals surface area contributed by atoms with Crippen molar-refractivity contribution in [2.75, 3.05) is 5.73 Å². The molecule has 1 aromatic rings. The Hall–Kier alpha value is -1.52. The molecule has 1 amide bonds. The van der Waals surface area contributed by atoms with Crippen molar-refractivity contribution in [3.05, 3.63) is 11.8 Å². The number of anilines is 1. The van der Waals surface area contributed by atoms with Gasteiger partial charge in [0.05, 0.1) is 0 Å². The van der Waals surface area contributed by atoms with Gasteiger partial charge in [-0.25, -0.2) is 0 Å². The smallest absolute Gasteiger partial charge is 0.269 e. The molecule has 10 heavy (non-hydrogen) atoms. The second-order valence-corrected chi connectivity index (χ2v) is 1.94. The molecule has 0 saturated carbocycles. The highest BCUT2D eigenvalue weighted by Crippen LogP contribution is 2.01. The number of hydrogen-bond donors (Lipinski definition) is 2. The molecule has 5 heteroatoms. The van der Waals surface area contributed by atoms with Crippen molar-refractivity contribution in [3.8, 4) is 0 Å². The van der Waals surface area contributed by atoms with Crippen LogP contribution in [0.5, 0.6) is 0 Å². The minimum absolute atomic E-state index is 0.194. The van der Waals surface area contributed by atoms with E-state index in [1.807, 2.05) is 0 Å². The van der Waals surface area contributed by atoms with Gasteiger partial charge in [-0.1, -0.05) is 0 Å². The quantitative estimate of drug-likeness (QED) is 0.530. The van der Waals surface area contributed by atoms with Crippen molar-refractivity contribution in [3.63, 3.8) is 0 Å². The van der Waals surface area contributed by atoms with Gasteiger partial charge in [-0.05, 0) is 0 Å². The zero-order chi connectivity index (χ0) is 7.72. The third-order valence-corrected chi connectivity index (χ3v) is 1.17. The van der Waals surface area contributed by atoms with Crippen LogP contribution in [0.4, 0.5) is 5.82 Å². The van der Waals surface area contributed by atoms with Crippen molar-refractivity contribution in [2.24, 2.45) is 12.8 Å². The van der Waals surface area contributed by atoms with Gasteiger partial charge < -0.3 is 11.5 Å². The van der Waals surface area contributed by atoms with Crippen molar-refractivity contribution in [1.82, 2.24) is 9.78 Å². The molecule has 1 rings (SSSR count). The van der Waals surface area contributed by atoms with Gasteiger partial charge in [0.1, 0.15) is 5.82 Å². The first-order valence-electron chi connectivity index (χ1n) is 2.70. The molecule has 0 aliphatic carbocycles. The van der Waals surface area contributed by atoms with Gasteiger partial charge >= 0.3 is 0 Å². The Balaban J connectivity index is 3.10. The highest BCUT2D eigenvalue weighted by Gasteiger charge is 2.05. The maximum Gasteiger partial charge on any atom is 0.269 e. The number of nitrogen functional groups attached to an aromatic ring is 1. The van der Waals surface area contributed by atoms with Crippen LogP contribution in [0.25, 0.3) is 0 Å². The van der Waals surface area contributed by atoms with Crippen LogP contribution < -0.4 is 11.5 Å². The second-order valence-electron chi connectivity index (χ2n) is 1.94. The minimum Gasteiger partial charge on any atom is -0.384 e. The molecule has 0 bridgehead atoms. The molecule has 54 valence electrons. The predicted octanol–water partition coefficient (Wildman–Crippen LogP) is -0.899. The van der Waals surface area contributed by atoms with Crippen LogP contribution in [0, 0.1) is 0 Å². The van der Waals surface area contributed by atoms with Crippen LogP contribution in [-0.4, -0.2) is 15.7 Å². The molecule has 0 unspecified atom stereocenters. The van der Waals surface area contributed by atoms with E-state index < -0.39 is 5.91 Å². The summed E-state index contributed by atoms with van der Waals surface area (Å²) in [6, 6.07) is 1.43. The summed E-state index contributed by atoms with van der Waals surface area (Å²) < 4.78 is 1.39. The van der Waals surface area contributed by atoms with Crippen molar-refractivity contribution >= 4 is 11.7 Å². The number of aromatic nitrogens is 2. The largest absolute Gasteiger partial charge is 0.384 e. The van der Waals surface area contributed by atoms with Crippen molar-refractivity contribution in [2.45, 2.75) is 0 Å². The Bertz CT molecular complexity index is 245. The van der Waals surface area contributed by atoms with Gasteiger partial charge in [0.2, 0.25) is 0 Å². The first-order valence-corrected chi connectivity index (χ1v) is 2.70. The van der Waals surface area contributed by atoms with E-state index in [1.54, 1.807) is 7.05 Å². The molecule has 0 aliphatic heterocycles. The Morgan fingerprint density at radius 2 is 2.40 bits per heavy atom. The average Bonchev–Trinajstić information content (AvgIpc) is 2.13. The summed E-state index contributed by atoms with van der Waals surface area (Å²) in [5, 5.41) is 3.73. The third-order valence-electron chi connectivity index (χ3n) is 1.17. The molecular weight excluding hydrogens is 132 g/mol. The van der Waals surface area contributed by atoms with Crippen LogP contribution in [0.2, 0.25) is 0 Å². The van der Waals surface area contributed by atoms with E-state index in [0.717, 1.165) is 0 Å². The average molecular weight is 140 g/mol. The zero-order valence-electron chi connectivity index (χ0n) is 5.53. The fraction of sp³-hybridized carbons (Fsp3) is 0.200. The first kappa shape index (κ1) is 6.60. The molecule has 1 heterocycles. The molecule has 0 aliphatic rings. The summed E-state index contributed by atoms with van der Waals surface area (Å²) in [5.74, 6) is -0.138. The highest BCUT2D eigenvalue weighted by molar-refractivity contribution is 5.91. The van der Waals surface area contributed by atoms with Gasteiger partial charge in [0.25, 0.3) is 5.91 Å². The Morgan fingerprint density at radius 3 is 2.60 bits per heavy atom. The number of primary amides is 1. The number of rotatable bonds is 1. The van der Waals surface area contributed by atoms with Crippen molar-refractivity contribution < 1.29 is 4.79 Å². The summed E-state index contributed by atoms with van der Waals surface area (Å²) in [4.78, 5) is 10.5. The van der Waals surface area contributed by atoms with Crippen LogP contribution in [-0.2, 0) is 7.05 Å². The third kappa shape index (κ3) is 0.928. The van der Waals surface area contributed by atoms with Crippen LogP contribution >= 0.6 is 0 Å². The van der Waals surface area contributed by atoms with E-state index in [2.05, 4.69) is 5.10 Å². The number of amides is 1. The van der Waals surface area contributed by atoms with Crippen molar-refractivity contribution in [1.29, 1.82) is 0 Å². The molecular formula is C5H8N4O. The molecule has 0 radical (unpaired) electrons. The van der Waals surface area contributed by atoms with Crippen LogP contribution in [0.3, 0.4) is 0 Å². The standard InChI is InChI=1S/C5H8N4O/c1-9-4(6)2-3(8-9)5(7)10/h2H,6H2,1H3,(H2,7,10). The zero-order valence-corrected chi connectivity index (χ0v) is 5.53. The van der Waals surface area contributed by atoms with Gasteiger partial charge in [-0.3, -0.25) is 9.48 Å². The topological polar surface area (TPSA) is 86.9 Å². The fourth-order valence-electron chi connectivity index (χ4n) is 0.602. The summed E-state index contributed by atoms with van der Waals surface area (Å²) >= 11 is 0. The Labute approximate surface area is 57.6 Å². The summed E-state index contributed by atoms with van der Waals surface area (Å²) in [5.41, 5.74) is 10.5. The van der Waals surface area contributed by atoms with Gasteiger partial charge in [0.15, 0.2) is 5.69 Å². The van der Waals surface area contributed by atoms with E-state index >= 15 is 0 Å². The number of hydrogen-bond acceptors (Lipinski definition) is 3. The lowest BCUT2D eigenvalue weighted by molar-refractivity contribution is 0.0995. The minimum atomic E-state index is -0.563. The predicted molar refractivity (Wildman–Crippen MR) is 36.1 cm³/mol. The number of nitrogens with two attached hydrogens (primary N) is 2. The maximum absolute atomic E-state index is 10.5. The first-order chi connectivity index (χ1) is 4.61. The van der Waals surface area contributed by atoms with Gasteiger partial charge in [0, 0.05) is 13.1 Å². The number of carbonyl (C=O) groups is 1. The van der Waals surface area contributed by atoms with E-state index in [1.165, 1.54) is 10.7 Å². The lowest BCUT2D eigenvalue weighted by atomic mass is 10.4. The van der Waals surface area contributed by atoms with Crippen LogP contribution in [0.1, 0.15) is 10.5 Å². The maximum atomic E-state index is 10.5. The normalized spacial score (nSPS) is 9.70. The van der Waals surface area contributed by atoms with Gasteiger partial charge in [-0.2, -0.15) is 5.10 Å². The molecule has 0 saturated heterocycles. The summed E-state index contributed by atoms with van der Waals surface area (Å²) in [7, 11) is 1.64. The SMILES string of the molecule is Cn1nc(C(N)=O)cc1N. The van der Waals surface area contributed by atoms with Gasteiger partial charge in [-0.15, -0.1) is 0 Å². The second kappa shape index (κ2) is 2.02. The lowest BCUT2D eigenvalue weighted by Gasteiger charge is -1.88. The van der Waals surface area contributed by atoms with E-state index in [9.17, 15) is 4.79 Å². The molecule has 1 aromatic heterocycles. The number of carbonyl (C=O) groups excluding carboxylic acids is 1. The molecule has 0 aromatic carbocycles. The molecule has 0 spiro atoms. The Kier molecular flexibility index (Phi) is 1.33. The molecule has 4 N–H and O–H groups in total. The van der Waals surface area contributed by atoms with Crippen LogP contribution in [0.15, 0.2) is 6.07 Å². The number of aryl methyl sites for hydroxylation is 1.